The van der Waals surface area contributed by atoms with Crippen molar-refractivity contribution in [3.63, 3.8) is 0 Å². The maximum absolute atomic E-state index is 12.6. The molecule has 17 atom stereocenters. The Bertz CT molecular complexity index is 4420. The second-order valence-electron chi connectivity index (χ2n) is 32.7. The summed E-state index contributed by atoms with van der Waals surface area (Å²) in [6, 6.07) is 43.4. The summed E-state index contributed by atoms with van der Waals surface area (Å²) in [5.74, 6) is -2.05. The number of carbonyl (C=O) groups is 8. The van der Waals surface area contributed by atoms with E-state index >= 15 is 0 Å². The number of hydrogen-bond acceptors (Lipinski definition) is 22. The number of Topliss-reactive ketones (excluding diaryl/α,β-unsaturated/α-hetero) is 3. The molecule has 0 bridgehead atoms. The van der Waals surface area contributed by atoms with Crippen molar-refractivity contribution in [1.82, 2.24) is 10.2 Å². The van der Waals surface area contributed by atoms with E-state index in [0.29, 0.717) is 44.2 Å². The molecule has 644 valence electrons. The highest BCUT2D eigenvalue weighted by Gasteiger charge is 2.51. The third kappa shape index (κ3) is 29.2. The molecule has 25 heteroatoms. The number of aliphatic hydroxyl groups is 3. The highest BCUT2D eigenvalue weighted by atomic mass is 32.2. The van der Waals surface area contributed by atoms with Gasteiger partial charge in [-0.05, 0) is 196 Å². The summed E-state index contributed by atoms with van der Waals surface area (Å²) in [4.78, 5) is 96.9. The van der Waals surface area contributed by atoms with Gasteiger partial charge in [0, 0.05) is 90.8 Å². The number of amides is 1. The number of ether oxygens (including phenoxy) is 7. The number of nitrogens with one attached hydrogen (secondary N) is 1. The highest BCUT2D eigenvalue weighted by Crippen LogP contribution is 2.44. The lowest BCUT2D eigenvalue weighted by Crippen LogP contribution is -2.55. The smallest absolute Gasteiger partial charge is 0.303 e. The van der Waals surface area contributed by atoms with Gasteiger partial charge in [0.05, 0.1) is 39.2 Å². The van der Waals surface area contributed by atoms with Crippen LogP contribution in [-0.2, 0) is 132 Å². The van der Waals surface area contributed by atoms with Gasteiger partial charge in [-0.2, -0.15) is 0 Å². The van der Waals surface area contributed by atoms with Crippen LogP contribution in [0.5, 0.6) is 0 Å². The third-order valence-electron chi connectivity index (χ3n) is 21.8. The topological polar surface area (TPSA) is 311 Å². The van der Waals surface area contributed by atoms with E-state index in [-0.39, 0.29) is 47.6 Å². The largest absolute Gasteiger partial charge is 0.458 e. The van der Waals surface area contributed by atoms with Gasteiger partial charge in [-0.15, -0.1) is 11.8 Å². The number of thioether (sulfide) groups is 1. The fourth-order valence-corrected chi connectivity index (χ4v) is 17.5. The second-order valence-corrected chi connectivity index (χ2v) is 36.5. The van der Waals surface area contributed by atoms with Gasteiger partial charge in [0.1, 0.15) is 59.4 Å². The standard InChI is InChI=1S/C33H48N2O7S.C30H38O7S.C30H38O6S/c1-21-10-15-24(30-28(38)27(37)29(39)31(42-30)43(6)41)19-25(21)18-23-13-11-22(12-14-23)8-7-9-26(36)20-33(2,3)32(40)34-16-17-35(4)5;1-18-10-15-25(17-26(18)16-24-13-11-23(12-14-24)9-7-8-19(2)31)27-20(3)28(35-21(4)32)29(36-22(5)33)30(37-27)38(6)34;1-18-10-15-25(17-26(18)16-24-13-11-23(12-14-24)9-7-8-19(2)31)27-20(3)28(34-21(4)32)29(35-22(5)33)30(36-27)37-6/h10-15,19,27-31,37-39H,7-9,16-18,20H2,1-6H3,(H,34,40);10-15,17,20,27-30H,7-9,16H2,1-6H3;10-15,17,20,27-30H,7-9,16H2,1-6H3/t27-,28-,29+,30+,31-,43?;20-,27+,28+,29-,30+,38?;20-,27+,28+,29-,30+/m100/s1. The van der Waals surface area contributed by atoms with Crippen LogP contribution in [0, 0.1) is 38.0 Å². The minimum Gasteiger partial charge on any atom is -0.458 e. The minimum absolute atomic E-state index is 0.0883. The Morgan fingerprint density at radius 2 is 0.814 bits per heavy atom. The Morgan fingerprint density at radius 3 is 1.19 bits per heavy atom. The Hall–Kier alpha value is -7.95. The monoisotopic (exact) mass is 1680 g/mol. The molecule has 6 aromatic carbocycles. The van der Waals surface area contributed by atoms with Crippen LogP contribution < -0.4 is 5.32 Å². The van der Waals surface area contributed by atoms with Gasteiger partial charge in [-0.3, -0.25) is 37.2 Å². The lowest BCUT2D eigenvalue weighted by Gasteiger charge is -2.44. The van der Waals surface area contributed by atoms with E-state index in [9.17, 15) is 62.1 Å². The summed E-state index contributed by atoms with van der Waals surface area (Å²) >= 11 is 1.44. The number of rotatable bonds is 34. The summed E-state index contributed by atoms with van der Waals surface area (Å²) in [6.07, 6.45) is 4.71. The van der Waals surface area contributed by atoms with E-state index in [2.05, 4.69) is 116 Å². The van der Waals surface area contributed by atoms with Crippen molar-refractivity contribution >= 4 is 80.5 Å². The van der Waals surface area contributed by atoms with Crippen LogP contribution in [0.2, 0.25) is 0 Å². The van der Waals surface area contributed by atoms with Crippen LogP contribution in [0.1, 0.15) is 216 Å². The zero-order valence-electron chi connectivity index (χ0n) is 71.8. The molecule has 3 heterocycles. The number of hydrogen-bond donors (Lipinski definition) is 4. The molecule has 3 fully saturated rings. The third-order valence-corrected chi connectivity index (χ3v) is 24.7. The Kier molecular flexibility index (Phi) is 38.0. The van der Waals surface area contributed by atoms with Gasteiger partial charge < -0.3 is 68.3 Å². The van der Waals surface area contributed by atoms with Gasteiger partial charge in [-0.1, -0.05) is 155 Å². The lowest BCUT2D eigenvalue weighted by molar-refractivity contribution is -0.208. The Morgan fingerprint density at radius 1 is 0.466 bits per heavy atom. The molecule has 0 aliphatic carbocycles. The number of nitrogens with zero attached hydrogens (tertiary/aromatic N) is 1. The number of aliphatic hydroxyl groups excluding tert-OH is 3. The van der Waals surface area contributed by atoms with Crippen LogP contribution in [-0.4, -0.2) is 181 Å². The number of esters is 4. The van der Waals surface area contributed by atoms with Crippen molar-refractivity contribution in [2.24, 2.45) is 17.3 Å². The zero-order valence-corrected chi connectivity index (χ0v) is 74.3. The van der Waals surface area contributed by atoms with Crippen LogP contribution in [0.25, 0.3) is 0 Å². The van der Waals surface area contributed by atoms with E-state index in [1.807, 2.05) is 90.2 Å². The summed E-state index contributed by atoms with van der Waals surface area (Å²) in [5, 5.41) is 34.0. The average Bonchev–Trinajstić information content (AvgIpc) is 0.764. The molecule has 0 spiro atoms. The number of benzene rings is 6. The molecule has 6 aromatic rings. The normalized spacial score (nSPS) is 23.5. The summed E-state index contributed by atoms with van der Waals surface area (Å²) < 4.78 is 65.5. The van der Waals surface area contributed by atoms with Crippen molar-refractivity contribution in [2.75, 3.05) is 46.0 Å². The SMILES string of the molecule is CC(=O)CCCc1ccc(Cc2cc([C@@H]3O[C@H](S(C)=O)[C@@H](OC(C)=O)[C@H](OC(C)=O)[C@H]3C)ccc2C)cc1.CS[C@H]1O[C@@H](c2ccc(C)c(Cc3ccc(CCCC(C)=O)cc3)c2)[C@H](C)[C@@H](OC(C)=O)[C@@H]1OC(C)=O.Cc1ccc([C@@H]2O[C@H](S(C)=O)[C@@H](O)[C@H](O)[C@H]2O)cc1Cc1ccc(CCCC(=O)CC(C)(C)C(=O)NCCN(C)C)cc1. The minimum atomic E-state index is -1.55. The predicted molar refractivity (Wildman–Crippen MR) is 459 cm³/mol. The van der Waals surface area contributed by atoms with E-state index < -0.39 is 122 Å². The summed E-state index contributed by atoms with van der Waals surface area (Å²) in [5.41, 5.74) is 13.1. The fraction of sp³-hybridized carbons (Fsp3) is 0.527. The fourth-order valence-electron chi connectivity index (χ4n) is 15.1. The second kappa shape index (κ2) is 46.2. The number of ketones is 3. The molecule has 3 saturated heterocycles. The highest BCUT2D eigenvalue weighted by molar-refractivity contribution is 7.99. The lowest BCUT2D eigenvalue weighted by atomic mass is 9.85. The van der Waals surface area contributed by atoms with E-state index in [0.717, 1.165) is 96.0 Å². The molecule has 1 amide bonds. The van der Waals surface area contributed by atoms with Crippen LogP contribution in [0.15, 0.2) is 127 Å². The molecule has 0 aromatic heterocycles. The molecule has 22 nitrogen and oxygen atoms in total. The van der Waals surface area contributed by atoms with Crippen LogP contribution in [0.3, 0.4) is 0 Å². The van der Waals surface area contributed by atoms with Crippen molar-refractivity contribution in [1.29, 1.82) is 0 Å². The molecule has 3 aliphatic rings. The van der Waals surface area contributed by atoms with Crippen molar-refractivity contribution in [3.05, 3.63) is 211 Å². The van der Waals surface area contributed by atoms with Crippen molar-refractivity contribution < 1.29 is 95.3 Å². The van der Waals surface area contributed by atoms with Gasteiger partial charge in [0.15, 0.2) is 23.1 Å². The first-order valence-electron chi connectivity index (χ1n) is 40.6. The van der Waals surface area contributed by atoms with Gasteiger partial charge in [0.25, 0.3) is 0 Å². The molecule has 0 radical (unpaired) electrons. The first kappa shape index (κ1) is 97.2. The van der Waals surface area contributed by atoms with Gasteiger partial charge >= 0.3 is 23.9 Å². The van der Waals surface area contributed by atoms with Gasteiger partial charge in [-0.25, -0.2) is 0 Å². The van der Waals surface area contributed by atoms with Crippen molar-refractivity contribution in [2.45, 2.75) is 251 Å². The Labute approximate surface area is 706 Å². The average molecular weight is 1690 g/mol. The molecule has 2 unspecified atom stereocenters. The predicted octanol–water partition coefficient (Wildman–Crippen LogP) is 13.0. The first-order chi connectivity index (χ1) is 55.7. The maximum Gasteiger partial charge on any atom is 0.303 e. The summed E-state index contributed by atoms with van der Waals surface area (Å²) in [6.45, 7) is 23.5. The molecule has 0 saturated carbocycles. The number of likely N-dealkylation sites (N-methyl/N-ethyl adjacent to an activating group) is 1. The molecular formula is C93H124N2O20S3. The molecule has 4 N–H and O–H groups in total. The summed E-state index contributed by atoms with van der Waals surface area (Å²) in [7, 11) is 0.843. The van der Waals surface area contributed by atoms with Crippen LogP contribution in [0.4, 0.5) is 0 Å². The zero-order chi connectivity index (χ0) is 87.0. The number of aryl methyl sites for hydroxylation is 6. The molecule has 3 aliphatic heterocycles. The van der Waals surface area contributed by atoms with Crippen LogP contribution >= 0.6 is 11.8 Å². The molecule has 9 rings (SSSR count). The van der Waals surface area contributed by atoms with Gasteiger partial charge in [0.2, 0.25) is 5.91 Å². The van der Waals surface area contributed by atoms with E-state index in [1.165, 1.54) is 85.3 Å². The first-order valence-corrected chi connectivity index (χ1v) is 45.1. The molecule has 118 heavy (non-hydrogen) atoms. The number of carbonyl (C=O) groups excluding carboxylic acids is 8. The van der Waals surface area contributed by atoms with E-state index in [1.54, 1.807) is 13.8 Å². The Balaban J connectivity index is 0.000000245. The quantitative estimate of drug-likeness (QED) is 0.0215. The van der Waals surface area contributed by atoms with E-state index in [4.69, 9.17) is 33.2 Å². The van der Waals surface area contributed by atoms with Crippen molar-refractivity contribution in [3.8, 4) is 0 Å². The maximum atomic E-state index is 12.6. The molecular weight excluding hydrogens is 1560 g/mol.